The Morgan fingerprint density at radius 2 is 2.06 bits per heavy atom. The number of benzene rings is 1. The zero-order valence-corrected chi connectivity index (χ0v) is 19.3. The van der Waals surface area contributed by atoms with Crippen molar-refractivity contribution >= 4 is 23.0 Å². The Morgan fingerprint density at radius 1 is 1.21 bits per heavy atom. The first-order valence-corrected chi connectivity index (χ1v) is 11.6. The molecule has 0 bridgehead atoms. The van der Waals surface area contributed by atoms with Gasteiger partial charge in [-0.15, -0.1) is 15.3 Å². The highest BCUT2D eigenvalue weighted by atomic mass is 16.5. The molecule has 0 amide bonds. The molecular weight excluding hydrogens is 430 g/mol. The van der Waals surface area contributed by atoms with Gasteiger partial charge in [0, 0.05) is 24.8 Å². The van der Waals surface area contributed by atoms with E-state index in [1.807, 2.05) is 36.7 Å². The molecule has 10 nitrogen and oxygen atoms in total. The summed E-state index contributed by atoms with van der Waals surface area (Å²) in [5.74, 6) is 2.50. The molecule has 5 rings (SSSR count). The third kappa shape index (κ3) is 4.24. The predicted molar refractivity (Wildman–Crippen MR) is 129 cm³/mol. The molecule has 0 spiro atoms. The summed E-state index contributed by atoms with van der Waals surface area (Å²) in [7, 11) is 1.90. The van der Waals surface area contributed by atoms with Crippen molar-refractivity contribution in [2.45, 2.75) is 45.1 Å². The van der Waals surface area contributed by atoms with E-state index in [-0.39, 0.29) is 0 Å². The standard InChI is InChI=1S/C24H27N9O/c1-3-34-20-13-16(23-30-26-15-32(23)2)9-10-19(20)28-24-29-22(27-18-7-5-4-6-8-18)21-17(14-25)11-12-33(21)31-24/h9-13,15,18H,3-8H2,1-2H3,(H2,27,28,29,31). The number of fused-ring (bicyclic) bond motifs is 1. The number of hydrogen-bond donors (Lipinski definition) is 2. The molecule has 3 heterocycles. The Morgan fingerprint density at radius 3 is 2.79 bits per heavy atom. The first-order chi connectivity index (χ1) is 16.7. The number of aryl methyl sites for hydroxylation is 1. The van der Waals surface area contributed by atoms with E-state index in [1.54, 1.807) is 23.1 Å². The molecule has 0 atom stereocenters. The van der Waals surface area contributed by atoms with Gasteiger partial charge in [0.15, 0.2) is 11.6 Å². The molecule has 0 saturated heterocycles. The summed E-state index contributed by atoms with van der Waals surface area (Å²) in [6, 6.07) is 10.2. The van der Waals surface area contributed by atoms with Crippen LogP contribution < -0.4 is 15.4 Å². The second-order valence-corrected chi connectivity index (χ2v) is 8.43. The Kier molecular flexibility index (Phi) is 5.99. The van der Waals surface area contributed by atoms with Crippen LogP contribution in [0, 0.1) is 11.3 Å². The third-order valence-corrected chi connectivity index (χ3v) is 6.08. The average molecular weight is 458 g/mol. The van der Waals surface area contributed by atoms with Crippen LogP contribution in [-0.2, 0) is 7.05 Å². The number of nitrogens with one attached hydrogen (secondary N) is 2. The van der Waals surface area contributed by atoms with Crippen LogP contribution in [0.2, 0.25) is 0 Å². The molecule has 34 heavy (non-hydrogen) atoms. The second-order valence-electron chi connectivity index (χ2n) is 8.43. The first-order valence-electron chi connectivity index (χ1n) is 11.6. The molecule has 0 radical (unpaired) electrons. The maximum absolute atomic E-state index is 9.59. The molecule has 1 aromatic carbocycles. The number of nitrogens with zero attached hydrogens (tertiary/aromatic N) is 7. The molecule has 10 heteroatoms. The minimum atomic E-state index is 0.339. The van der Waals surface area contributed by atoms with Gasteiger partial charge in [-0.25, -0.2) is 4.52 Å². The van der Waals surface area contributed by atoms with Gasteiger partial charge in [-0.1, -0.05) is 19.3 Å². The van der Waals surface area contributed by atoms with Crippen LogP contribution in [0.25, 0.3) is 16.9 Å². The number of rotatable bonds is 7. The van der Waals surface area contributed by atoms with Gasteiger partial charge in [0.2, 0.25) is 5.95 Å². The smallest absolute Gasteiger partial charge is 0.247 e. The van der Waals surface area contributed by atoms with E-state index in [2.05, 4.69) is 32.0 Å². The van der Waals surface area contributed by atoms with E-state index >= 15 is 0 Å². The molecule has 4 aromatic rings. The van der Waals surface area contributed by atoms with Gasteiger partial charge < -0.3 is 19.9 Å². The van der Waals surface area contributed by atoms with Crippen LogP contribution in [0.1, 0.15) is 44.6 Å². The average Bonchev–Trinajstić information content (AvgIpc) is 3.47. The molecule has 0 unspecified atom stereocenters. The first kappa shape index (κ1) is 21.7. The minimum absolute atomic E-state index is 0.339. The highest BCUT2D eigenvalue weighted by Crippen LogP contribution is 2.33. The normalized spacial score (nSPS) is 14.1. The zero-order chi connectivity index (χ0) is 23.5. The number of anilines is 3. The largest absolute Gasteiger partial charge is 0.492 e. The number of nitriles is 1. The molecule has 1 saturated carbocycles. The molecular formula is C24H27N9O. The summed E-state index contributed by atoms with van der Waals surface area (Å²) in [6.07, 6.45) is 9.31. The second kappa shape index (κ2) is 9.39. The minimum Gasteiger partial charge on any atom is -0.492 e. The van der Waals surface area contributed by atoms with E-state index in [1.165, 1.54) is 19.3 Å². The Hall–Kier alpha value is -4.13. The quantitative estimate of drug-likeness (QED) is 0.422. The lowest BCUT2D eigenvalue weighted by Crippen LogP contribution is -2.23. The third-order valence-electron chi connectivity index (χ3n) is 6.08. The van der Waals surface area contributed by atoms with Gasteiger partial charge in [-0.05, 0) is 44.0 Å². The van der Waals surface area contributed by atoms with Crippen LogP contribution in [-0.4, -0.2) is 42.0 Å². The van der Waals surface area contributed by atoms with Gasteiger partial charge in [-0.2, -0.15) is 10.2 Å². The van der Waals surface area contributed by atoms with E-state index in [4.69, 9.17) is 9.72 Å². The van der Waals surface area contributed by atoms with E-state index < -0.39 is 0 Å². The van der Waals surface area contributed by atoms with Crippen LogP contribution in [0.3, 0.4) is 0 Å². The van der Waals surface area contributed by atoms with E-state index in [0.29, 0.717) is 41.2 Å². The van der Waals surface area contributed by atoms with Crippen molar-refractivity contribution < 1.29 is 4.74 Å². The summed E-state index contributed by atoms with van der Waals surface area (Å²) in [4.78, 5) is 4.77. The lowest BCUT2D eigenvalue weighted by atomic mass is 9.95. The van der Waals surface area contributed by atoms with Crippen molar-refractivity contribution in [1.29, 1.82) is 5.26 Å². The highest BCUT2D eigenvalue weighted by Gasteiger charge is 2.19. The van der Waals surface area contributed by atoms with Crippen LogP contribution in [0.4, 0.5) is 17.5 Å². The van der Waals surface area contributed by atoms with Gasteiger partial charge in [0.05, 0.1) is 17.9 Å². The topological polar surface area (TPSA) is 118 Å². The molecule has 1 aliphatic carbocycles. The summed E-state index contributed by atoms with van der Waals surface area (Å²) in [6.45, 7) is 2.45. The zero-order valence-electron chi connectivity index (χ0n) is 19.3. The summed E-state index contributed by atoms with van der Waals surface area (Å²) in [5, 5.41) is 29.2. The number of aromatic nitrogens is 6. The fourth-order valence-corrected chi connectivity index (χ4v) is 4.41. The molecule has 1 fully saturated rings. The highest BCUT2D eigenvalue weighted by molar-refractivity contribution is 5.77. The van der Waals surface area contributed by atoms with E-state index in [0.717, 1.165) is 29.9 Å². The van der Waals surface area contributed by atoms with Crippen molar-refractivity contribution in [3.05, 3.63) is 42.4 Å². The molecule has 3 aromatic heterocycles. The molecule has 2 N–H and O–H groups in total. The van der Waals surface area contributed by atoms with Crippen molar-refractivity contribution in [3.8, 4) is 23.2 Å². The van der Waals surface area contributed by atoms with Crippen LogP contribution in [0.5, 0.6) is 5.75 Å². The fraction of sp³-hybridized carbons (Fsp3) is 0.375. The summed E-state index contributed by atoms with van der Waals surface area (Å²) in [5.41, 5.74) is 2.88. The summed E-state index contributed by atoms with van der Waals surface area (Å²) < 4.78 is 9.47. The lowest BCUT2D eigenvalue weighted by Gasteiger charge is -2.24. The van der Waals surface area contributed by atoms with Crippen LogP contribution >= 0.6 is 0 Å². The Labute approximate surface area is 197 Å². The van der Waals surface area contributed by atoms with Gasteiger partial charge in [0.1, 0.15) is 23.7 Å². The van der Waals surface area contributed by atoms with Gasteiger partial charge >= 0.3 is 0 Å². The Balaban J connectivity index is 1.50. The number of hydrogen-bond acceptors (Lipinski definition) is 8. The molecule has 1 aliphatic rings. The SMILES string of the molecule is CCOc1cc(-c2nncn2C)ccc1Nc1nc(NC2CCCCC2)c2c(C#N)ccn2n1. The maximum Gasteiger partial charge on any atom is 0.247 e. The molecule has 0 aliphatic heterocycles. The van der Waals surface area contributed by atoms with Gasteiger partial charge in [0.25, 0.3) is 0 Å². The van der Waals surface area contributed by atoms with Crippen molar-refractivity contribution in [2.75, 3.05) is 17.2 Å². The molecule has 174 valence electrons. The van der Waals surface area contributed by atoms with Crippen molar-refractivity contribution in [1.82, 2.24) is 29.4 Å². The van der Waals surface area contributed by atoms with Crippen LogP contribution in [0.15, 0.2) is 36.8 Å². The Bertz CT molecular complexity index is 1340. The van der Waals surface area contributed by atoms with Crippen molar-refractivity contribution in [3.63, 3.8) is 0 Å². The van der Waals surface area contributed by atoms with Gasteiger partial charge in [-0.3, -0.25) is 0 Å². The summed E-state index contributed by atoms with van der Waals surface area (Å²) >= 11 is 0. The predicted octanol–water partition coefficient (Wildman–Crippen LogP) is 4.28. The maximum atomic E-state index is 9.59. The number of ether oxygens (including phenoxy) is 1. The fourth-order valence-electron chi connectivity index (χ4n) is 4.41. The van der Waals surface area contributed by atoms with E-state index in [9.17, 15) is 5.26 Å². The van der Waals surface area contributed by atoms with Crippen molar-refractivity contribution in [2.24, 2.45) is 7.05 Å². The lowest BCUT2D eigenvalue weighted by molar-refractivity contribution is 0.342. The monoisotopic (exact) mass is 457 g/mol.